The van der Waals surface area contributed by atoms with Gasteiger partial charge in [0.25, 0.3) is 0 Å². The molecule has 0 aliphatic carbocycles. The quantitative estimate of drug-likeness (QED) is 0.815. The molecule has 1 aromatic rings. The molecule has 1 amide bonds. The first-order chi connectivity index (χ1) is 8.34. The van der Waals surface area contributed by atoms with E-state index in [9.17, 15) is 17.6 Å². The first-order valence-corrected chi connectivity index (χ1v) is 6.59. The van der Waals surface area contributed by atoms with Crippen molar-refractivity contribution in [3.8, 4) is 0 Å². The number of ether oxygens (including phenoxy) is 1. The Bertz CT molecular complexity index is 545. The fraction of sp³-hybridized carbons (Fsp3) is 0.300. The first kappa shape index (κ1) is 14.6. The fourth-order valence-corrected chi connectivity index (χ4v) is 1.68. The van der Waals surface area contributed by atoms with Gasteiger partial charge in [0, 0.05) is 6.61 Å². The zero-order valence-corrected chi connectivity index (χ0v) is 10.5. The second-order valence-corrected chi connectivity index (χ2v) is 4.93. The van der Waals surface area contributed by atoms with E-state index >= 15 is 0 Å². The minimum absolute atomic E-state index is 0.132. The molecular formula is C10H13FN2O4S. The van der Waals surface area contributed by atoms with Crippen LogP contribution in [0.4, 0.5) is 10.1 Å². The van der Waals surface area contributed by atoms with Crippen LogP contribution in [-0.2, 0) is 19.6 Å². The summed E-state index contributed by atoms with van der Waals surface area (Å²) in [6.45, 7) is 1.88. The second kappa shape index (κ2) is 5.89. The van der Waals surface area contributed by atoms with E-state index in [1.54, 1.807) is 6.92 Å². The number of anilines is 1. The summed E-state index contributed by atoms with van der Waals surface area (Å²) in [4.78, 5) is 10.9. The molecule has 0 aliphatic heterocycles. The molecule has 0 saturated carbocycles. The van der Waals surface area contributed by atoms with Crippen molar-refractivity contribution in [2.24, 2.45) is 5.14 Å². The van der Waals surface area contributed by atoms with Gasteiger partial charge in [-0.2, -0.15) is 0 Å². The van der Waals surface area contributed by atoms with Gasteiger partial charge in [-0.25, -0.2) is 17.9 Å². The predicted octanol–water partition coefficient (Wildman–Crippen LogP) is 0.448. The standard InChI is InChI=1S/C10H13FN2O4S/c1-2-17-6-10(14)13-9-4-3-7(5-8(9)11)18(12,15)16/h3-5H,2,6H2,1H3,(H,13,14)(H2,12,15,16). The number of halogens is 1. The Labute approximate surface area is 104 Å². The molecule has 0 atom stereocenters. The Morgan fingerprint density at radius 1 is 1.50 bits per heavy atom. The van der Waals surface area contributed by atoms with Crippen LogP contribution < -0.4 is 10.5 Å². The van der Waals surface area contributed by atoms with E-state index in [1.807, 2.05) is 0 Å². The number of carbonyl (C=O) groups is 1. The van der Waals surface area contributed by atoms with Gasteiger partial charge < -0.3 is 10.1 Å². The molecule has 0 aliphatic rings. The number of hydrogen-bond acceptors (Lipinski definition) is 4. The molecule has 0 spiro atoms. The van der Waals surface area contributed by atoms with Crippen molar-refractivity contribution in [1.29, 1.82) is 0 Å². The van der Waals surface area contributed by atoms with Crippen LogP contribution in [0.1, 0.15) is 6.92 Å². The van der Waals surface area contributed by atoms with Gasteiger partial charge >= 0.3 is 0 Å². The summed E-state index contributed by atoms with van der Waals surface area (Å²) in [5.41, 5.74) is -0.132. The number of hydrogen-bond donors (Lipinski definition) is 2. The molecule has 0 fully saturated rings. The maximum atomic E-state index is 13.5. The lowest BCUT2D eigenvalue weighted by Crippen LogP contribution is -2.19. The van der Waals surface area contributed by atoms with Crippen molar-refractivity contribution in [3.05, 3.63) is 24.0 Å². The van der Waals surface area contributed by atoms with E-state index in [-0.39, 0.29) is 17.2 Å². The molecule has 6 nitrogen and oxygen atoms in total. The third kappa shape index (κ3) is 4.06. The molecule has 100 valence electrons. The summed E-state index contributed by atoms with van der Waals surface area (Å²) in [6.07, 6.45) is 0. The Balaban J connectivity index is 2.84. The van der Waals surface area contributed by atoms with Crippen LogP contribution in [0.3, 0.4) is 0 Å². The molecule has 0 unspecified atom stereocenters. The minimum atomic E-state index is -3.96. The van der Waals surface area contributed by atoms with Gasteiger partial charge in [0.2, 0.25) is 15.9 Å². The average Bonchev–Trinajstić information content (AvgIpc) is 2.27. The van der Waals surface area contributed by atoms with Gasteiger partial charge in [-0.15, -0.1) is 0 Å². The zero-order chi connectivity index (χ0) is 13.8. The Kier molecular flexibility index (Phi) is 4.76. The summed E-state index contributed by atoms with van der Waals surface area (Å²) < 4.78 is 40.2. The molecule has 0 bridgehead atoms. The number of primary sulfonamides is 1. The van der Waals surface area contributed by atoms with E-state index in [1.165, 1.54) is 0 Å². The van der Waals surface area contributed by atoms with Crippen molar-refractivity contribution in [2.45, 2.75) is 11.8 Å². The molecule has 0 radical (unpaired) electrons. The first-order valence-electron chi connectivity index (χ1n) is 5.04. The lowest BCUT2D eigenvalue weighted by Gasteiger charge is -2.07. The average molecular weight is 276 g/mol. The molecule has 3 N–H and O–H groups in total. The lowest BCUT2D eigenvalue weighted by molar-refractivity contribution is -0.120. The molecule has 8 heteroatoms. The summed E-state index contributed by atoms with van der Waals surface area (Å²) in [6, 6.07) is 2.97. The highest BCUT2D eigenvalue weighted by Crippen LogP contribution is 2.17. The van der Waals surface area contributed by atoms with Crippen LogP contribution in [0.5, 0.6) is 0 Å². The van der Waals surface area contributed by atoms with Gasteiger partial charge in [0.1, 0.15) is 12.4 Å². The SMILES string of the molecule is CCOCC(=O)Nc1ccc(S(N)(=O)=O)cc1F. The Morgan fingerprint density at radius 2 is 2.17 bits per heavy atom. The molecule has 0 heterocycles. The molecule has 0 aromatic heterocycles. The van der Waals surface area contributed by atoms with Crippen molar-refractivity contribution in [3.63, 3.8) is 0 Å². The van der Waals surface area contributed by atoms with Crippen LogP contribution in [0.25, 0.3) is 0 Å². The van der Waals surface area contributed by atoms with Crippen LogP contribution in [0.15, 0.2) is 23.1 Å². The monoisotopic (exact) mass is 276 g/mol. The fourth-order valence-electron chi connectivity index (χ4n) is 1.16. The van der Waals surface area contributed by atoms with E-state index in [4.69, 9.17) is 9.88 Å². The van der Waals surface area contributed by atoms with E-state index < -0.39 is 21.7 Å². The summed E-state index contributed by atoms with van der Waals surface area (Å²) >= 11 is 0. The van der Waals surface area contributed by atoms with Crippen molar-refractivity contribution < 1.29 is 22.3 Å². The number of nitrogens with two attached hydrogens (primary N) is 1. The lowest BCUT2D eigenvalue weighted by atomic mass is 10.3. The van der Waals surface area contributed by atoms with Gasteiger partial charge in [-0.1, -0.05) is 0 Å². The number of rotatable bonds is 5. The number of nitrogens with one attached hydrogen (secondary N) is 1. The molecule has 1 aromatic carbocycles. The second-order valence-electron chi connectivity index (χ2n) is 3.37. The number of carbonyl (C=O) groups excluding carboxylic acids is 1. The third-order valence-electron chi connectivity index (χ3n) is 1.98. The smallest absolute Gasteiger partial charge is 0.250 e. The van der Waals surface area contributed by atoms with E-state index in [2.05, 4.69) is 5.32 Å². The highest BCUT2D eigenvalue weighted by Gasteiger charge is 2.13. The maximum Gasteiger partial charge on any atom is 0.250 e. The maximum absolute atomic E-state index is 13.5. The normalized spacial score (nSPS) is 11.3. The number of benzene rings is 1. The number of amides is 1. The van der Waals surface area contributed by atoms with Crippen LogP contribution >= 0.6 is 0 Å². The number of sulfonamides is 1. The summed E-state index contributed by atoms with van der Waals surface area (Å²) in [7, 11) is -3.96. The third-order valence-corrected chi connectivity index (χ3v) is 2.89. The van der Waals surface area contributed by atoms with Crippen LogP contribution in [0.2, 0.25) is 0 Å². The predicted molar refractivity (Wildman–Crippen MR) is 62.9 cm³/mol. The minimum Gasteiger partial charge on any atom is -0.372 e. The Hall–Kier alpha value is -1.51. The summed E-state index contributed by atoms with van der Waals surface area (Å²) in [5, 5.41) is 7.09. The molecule has 1 rings (SSSR count). The van der Waals surface area contributed by atoms with E-state index in [0.29, 0.717) is 6.61 Å². The van der Waals surface area contributed by atoms with E-state index in [0.717, 1.165) is 18.2 Å². The largest absolute Gasteiger partial charge is 0.372 e. The van der Waals surface area contributed by atoms with Crippen LogP contribution in [0, 0.1) is 5.82 Å². The van der Waals surface area contributed by atoms with Crippen molar-refractivity contribution in [1.82, 2.24) is 0 Å². The summed E-state index contributed by atoms with van der Waals surface area (Å²) in [5.74, 6) is -1.41. The van der Waals surface area contributed by atoms with Gasteiger partial charge in [0.05, 0.1) is 10.6 Å². The van der Waals surface area contributed by atoms with Gasteiger partial charge in [-0.3, -0.25) is 4.79 Å². The highest BCUT2D eigenvalue weighted by molar-refractivity contribution is 7.89. The Morgan fingerprint density at radius 3 is 2.67 bits per heavy atom. The van der Waals surface area contributed by atoms with Crippen LogP contribution in [-0.4, -0.2) is 27.5 Å². The molecule has 0 saturated heterocycles. The van der Waals surface area contributed by atoms with Crippen molar-refractivity contribution >= 4 is 21.6 Å². The van der Waals surface area contributed by atoms with Gasteiger partial charge in [0.15, 0.2) is 0 Å². The topological polar surface area (TPSA) is 98.5 Å². The molecular weight excluding hydrogens is 263 g/mol. The van der Waals surface area contributed by atoms with Gasteiger partial charge in [-0.05, 0) is 25.1 Å². The van der Waals surface area contributed by atoms with Crippen molar-refractivity contribution in [2.75, 3.05) is 18.5 Å². The molecule has 18 heavy (non-hydrogen) atoms. The zero-order valence-electron chi connectivity index (χ0n) is 9.64. The highest BCUT2D eigenvalue weighted by atomic mass is 32.2.